The molecule has 0 aliphatic carbocycles. The highest BCUT2D eigenvalue weighted by Gasteiger charge is 2.34. The maximum absolute atomic E-state index is 14.4. The minimum Gasteiger partial charge on any atom is -0.494 e. The molecular formula is C22H24FN3O4. The topological polar surface area (TPSA) is 87.7 Å². The van der Waals surface area contributed by atoms with Gasteiger partial charge in [0.15, 0.2) is 11.6 Å². The van der Waals surface area contributed by atoms with Gasteiger partial charge in [0.05, 0.1) is 13.2 Å². The molecule has 1 aliphatic heterocycles. The van der Waals surface area contributed by atoms with Crippen molar-refractivity contribution >= 4 is 23.8 Å². The Hall–Kier alpha value is -3.42. The zero-order valence-corrected chi connectivity index (χ0v) is 16.9. The van der Waals surface area contributed by atoms with Gasteiger partial charge >= 0.3 is 0 Å². The molecule has 2 N–H and O–H groups in total. The summed E-state index contributed by atoms with van der Waals surface area (Å²) in [6, 6.07) is 9.49. The third kappa shape index (κ3) is 4.27. The summed E-state index contributed by atoms with van der Waals surface area (Å²) in [6.45, 7) is 0.455. The molecule has 3 rings (SSSR count). The van der Waals surface area contributed by atoms with Crippen molar-refractivity contribution in [2.24, 2.45) is 0 Å². The maximum atomic E-state index is 14.4. The molecule has 0 radical (unpaired) electrons. The second-order valence-electron chi connectivity index (χ2n) is 6.97. The van der Waals surface area contributed by atoms with Gasteiger partial charge in [-0.2, -0.15) is 0 Å². The van der Waals surface area contributed by atoms with E-state index in [0.29, 0.717) is 23.1 Å². The van der Waals surface area contributed by atoms with Crippen LogP contribution >= 0.6 is 0 Å². The van der Waals surface area contributed by atoms with E-state index in [1.54, 1.807) is 30.3 Å². The molecular weight excluding hydrogens is 389 g/mol. The van der Waals surface area contributed by atoms with E-state index in [9.17, 15) is 18.8 Å². The first-order valence-electron chi connectivity index (χ1n) is 9.64. The number of halogens is 1. The van der Waals surface area contributed by atoms with Crippen LogP contribution in [0.15, 0.2) is 36.4 Å². The summed E-state index contributed by atoms with van der Waals surface area (Å²) >= 11 is 0. The van der Waals surface area contributed by atoms with Crippen molar-refractivity contribution in [2.45, 2.75) is 32.0 Å². The van der Waals surface area contributed by atoms with Crippen molar-refractivity contribution in [3.8, 4) is 5.75 Å². The molecule has 1 aliphatic rings. The average molecular weight is 413 g/mol. The highest BCUT2D eigenvalue weighted by Crippen LogP contribution is 2.32. The van der Waals surface area contributed by atoms with Crippen LogP contribution in [-0.4, -0.2) is 43.2 Å². The van der Waals surface area contributed by atoms with E-state index >= 15 is 0 Å². The summed E-state index contributed by atoms with van der Waals surface area (Å²) in [7, 11) is 2.94. The van der Waals surface area contributed by atoms with E-state index in [-0.39, 0.29) is 43.5 Å². The lowest BCUT2D eigenvalue weighted by molar-refractivity contribution is -0.121. The first-order valence-corrected chi connectivity index (χ1v) is 9.64. The smallest absolute Gasteiger partial charge is 0.255 e. The van der Waals surface area contributed by atoms with Crippen molar-refractivity contribution in [3.05, 3.63) is 58.9 Å². The minimum atomic E-state index is -0.689. The molecule has 0 aromatic heterocycles. The molecule has 2 aromatic rings. The molecule has 1 heterocycles. The fourth-order valence-electron chi connectivity index (χ4n) is 3.53. The number of methoxy groups -OCH3 is 1. The largest absolute Gasteiger partial charge is 0.494 e. The van der Waals surface area contributed by atoms with Crippen LogP contribution in [0.4, 0.5) is 10.1 Å². The molecule has 1 unspecified atom stereocenters. The predicted octanol–water partition coefficient (Wildman–Crippen LogP) is 2.50. The normalized spacial score (nSPS) is 13.6. The summed E-state index contributed by atoms with van der Waals surface area (Å²) < 4.78 is 19.4. The van der Waals surface area contributed by atoms with Gasteiger partial charge in [-0.15, -0.1) is 0 Å². The molecule has 2 aromatic carbocycles. The van der Waals surface area contributed by atoms with E-state index in [2.05, 4.69) is 10.6 Å². The molecule has 0 bridgehead atoms. The molecule has 158 valence electrons. The van der Waals surface area contributed by atoms with Crippen molar-refractivity contribution in [1.29, 1.82) is 0 Å². The fourth-order valence-corrected chi connectivity index (χ4v) is 3.53. The molecule has 0 saturated carbocycles. The summed E-state index contributed by atoms with van der Waals surface area (Å²) in [5.74, 6) is -0.712. The maximum Gasteiger partial charge on any atom is 0.255 e. The third-order valence-electron chi connectivity index (χ3n) is 5.23. The highest BCUT2D eigenvalue weighted by atomic mass is 19.1. The Labute approximate surface area is 174 Å². The van der Waals surface area contributed by atoms with Gasteiger partial charge in [-0.3, -0.25) is 9.59 Å². The summed E-state index contributed by atoms with van der Waals surface area (Å²) in [4.78, 5) is 37.4. The lowest BCUT2D eigenvalue weighted by Crippen LogP contribution is -2.37. The number of aldehydes is 1. The SMILES string of the molecule is CNC(=O)CCC(C=O)N1Cc2c(NCc3cccc(OC)c3F)cccc2C1=O. The quantitative estimate of drug-likeness (QED) is 0.617. The van der Waals surface area contributed by atoms with Gasteiger partial charge in [0, 0.05) is 48.9 Å². The molecule has 1 atom stereocenters. The Kier molecular flexibility index (Phi) is 6.66. The second-order valence-corrected chi connectivity index (χ2v) is 6.97. The Morgan fingerprint density at radius 1 is 1.30 bits per heavy atom. The van der Waals surface area contributed by atoms with Gasteiger partial charge in [0.1, 0.15) is 6.29 Å². The van der Waals surface area contributed by atoms with Crippen molar-refractivity contribution in [2.75, 3.05) is 19.5 Å². The monoisotopic (exact) mass is 413 g/mol. The lowest BCUT2D eigenvalue weighted by atomic mass is 10.1. The van der Waals surface area contributed by atoms with E-state index in [1.165, 1.54) is 19.1 Å². The van der Waals surface area contributed by atoms with Crippen LogP contribution in [-0.2, 0) is 22.7 Å². The number of benzene rings is 2. The molecule has 7 nitrogen and oxygen atoms in total. The van der Waals surface area contributed by atoms with Crippen LogP contribution in [0.3, 0.4) is 0 Å². The van der Waals surface area contributed by atoms with Gasteiger partial charge in [-0.1, -0.05) is 18.2 Å². The third-order valence-corrected chi connectivity index (χ3v) is 5.23. The van der Waals surface area contributed by atoms with Crippen LogP contribution < -0.4 is 15.4 Å². The van der Waals surface area contributed by atoms with E-state index in [0.717, 1.165) is 5.56 Å². The summed E-state index contributed by atoms with van der Waals surface area (Å²) in [5, 5.41) is 5.69. The molecule has 8 heteroatoms. The number of nitrogens with one attached hydrogen (secondary N) is 2. The number of anilines is 1. The highest BCUT2D eigenvalue weighted by molar-refractivity contribution is 6.01. The van der Waals surface area contributed by atoms with E-state index < -0.39 is 11.9 Å². The van der Waals surface area contributed by atoms with Gasteiger partial charge in [0.2, 0.25) is 5.91 Å². The van der Waals surface area contributed by atoms with Gasteiger partial charge < -0.3 is 25.1 Å². The molecule has 0 saturated heterocycles. The Morgan fingerprint density at radius 2 is 2.07 bits per heavy atom. The van der Waals surface area contributed by atoms with Crippen LogP contribution in [0, 0.1) is 5.82 Å². The van der Waals surface area contributed by atoms with Crippen molar-refractivity contribution < 1.29 is 23.5 Å². The minimum absolute atomic E-state index is 0.153. The fraction of sp³-hybridized carbons (Fsp3) is 0.318. The first kappa shape index (κ1) is 21.3. The first-order chi connectivity index (χ1) is 14.5. The van der Waals surface area contributed by atoms with Crippen LogP contribution in [0.5, 0.6) is 5.75 Å². The second kappa shape index (κ2) is 9.39. The van der Waals surface area contributed by atoms with Crippen LogP contribution in [0.1, 0.15) is 34.3 Å². The Morgan fingerprint density at radius 3 is 2.77 bits per heavy atom. The molecule has 0 fully saturated rings. The molecule has 30 heavy (non-hydrogen) atoms. The number of nitrogens with zero attached hydrogens (tertiary/aromatic N) is 1. The number of hydrogen-bond donors (Lipinski definition) is 2. The van der Waals surface area contributed by atoms with Gasteiger partial charge in [-0.05, 0) is 24.6 Å². The van der Waals surface area contributed by atoms with Crippen LogP contribution in [0.25, 0.3) is 0 Å². The predicted molar refractivity (Wildman–Crippen MR) is 110 cm³/mol. The summed E-state index contributed by atoms with van der Waals surface area (Å²) in [5.41, 5.74) is 2.38. The van der Waals surface area contributed by atoms with Gasteiger partial charge in [0.25, 0.3) is 5.91 Å². The number of carbonyl (C=O) groups is 3. The number of hydrogen-bond acceptors (Lipinski definition) is 5. The zero-order valence-electron chi connectivity index (χ0n) is 16.9. The Bertz CT molecular complexity index is 963. The lowest BCUT2D eigenvalue weighted by Gasteiger charge is -2.23. The van der Waals surface area contributed by atoms with Gasteiger partial charge in [-0.25, -0.2) is 4.39 Å². The molecule has 0 spiro atoms. The number of amides is 2. The number of rotatable bonds is 9. The van der Waals surface area contributed by atoms with Crippen molar-refractivity contribution in [1.82, 2.24) is 10.2 Å². The van der Waals surface area contributed by atoms with Crippen LogP contribution in [0.2, 0.25) is 0 Å². The number of carbonyl (C=O) groups excluding carboxylic acids is 3. The Balaban J connectivity index is 1.76. The van der Waals surface area contributed by atoms with E-state index in [4.69, 9.17) is 4.74 Å². The summed E-state index contributed by atoms with van der Waals surface area (Å²) in [6.07, 6.45) is 1.10. The zero-order chi connectivity index (χ0) is 21.7. The molecule has 2 amide bonds. The number of fused-ring (bicyclic) bond motifs is 1. The number of ether oxygens (including phenoxy) is 1. The average Bonchev–Trinajstić information content (AvgIpc) is 3.10. The van der Waals surface area contributed by atoms with Crippen molar-refractivity contribution in [3.63, 3.8) is 0 Å². The van der Waals surface area contributed by atoms with E-state index in [1.807, 2.05) is 6.07 Å². The standard InChI is InChI=1S/C22H24FN3O4/c1-24-20(28)10-9-15(13-27)26-12-17-16(22(26)29)6-4-7-18(17)25-11-14-5-3-8-19(30-2)21(14)23/h3-8,13,15,25H,9-12H2,1-2H3,(H,24,28).